The van der Waals surface area contributed by atoms with Crippen LogP contribution in [0.15, 0.2) is 0 Å². The molecule has 0 saturated carbocycles. The molecule has 3 N–H and O–H groups in total. The summed E-state index contributed by atoms with van der Waals surface area (Å²) < 4.78 is 6.26. The van der Waals surface area contributed by atoms with E-state index >= 15 is 0 Å². The molecule has 1 fully saturated rings. The maximum atomic E-state index is 6.26. The maximum absolute atomic E-state index is 6.26. The van der Waals surface area contributed by atoms with E-state index in [0.29, 0.717) is 0 Å². The molecule has 0 aromatic rings. The zero-order valence-corrected chi connectivity index (χ0v) is 20.4. The van der Waals surface area contributed by atoms with Crippen LogP contribution in [0.2, 0.25) is 0 Å². The topological polar surface area (TPSA) is 40.2 Å². The fraction of sp³-hybridized carbons (Fsp3) is 1.00. The molecular formula is C25H52ClNO. The molecular weight excluding hydrogens is 366 g/mol. The lowest BCUT2D eigenvalue weighted by atomic mass is 9.88. The lowest BCUT2D eigenvalue weighted by Gasteiger charge is -2.13. The van der Waals surface area contributed by atoms with E-state index in [4.69, 9.17) is 4.74 Å². The van der Waals surface area contributed by atoms with Crippen molar-refractivity contribution in [3.8, 4) is 0 Å². The molecule has 0 amide bonds. The normalized spacial score (nSPS) is 23.6. The number of halogens is 1. The summed E-state index contributed by atoms with van der Waals surface area (Å²) in [6.45, 7) is 6.88. The first-order valence-corrected chi connectivity index (χ1v) is 12.7. The second-order valence-corrected chi connectivity index (χ2v) is 9.25. The van der Waals surface area contributed by atoms with Crippen molar-refractivity contribution in [1.29, 1.82) is 0 Å². The number of unbranched alkanes of at least 4 members (excludes halogenated alkanes) is 15. The van der Waals surface area contributed by atoms with Crippen LogP contribution >= 0.6 is 0 Å². The average molecular weight is 418 g/mol. The molecule has 2 unspecified atom stereocenters. The lowest BCUT2D eigenvalue weighted by Crippen LogP contribution is -3.00. The highest BCUT2D eigenvalue weighted by Crippen LogP contribution is 2.51. The minimum Gasteiger partial charge on any atom is -1.00 e. The molecule has 2 atom stereocenters. The standard InChI is InChI=1S/C25H51NO.ClH/c1-4-7-9-11-13-15-17-19-21-23-25(26)24(6-3,27-25)22-20-18-16-14-12-10-8-5-2;/h4-23,26H2,1-3H3;1H. The Morgan fingerprint density at radius 1 is 0.536 bits per heavy atom. The molecule has 28 heavy (non-hydrogen) atoms. The number of quaternary nitrogens is 1. The Balaban J connectivity index is 0.00000729. The minimum absolute atomic E-state index is 0. The molecule has 0 aromatic carbocycles. The Morgan fingerprint density at radius 2 is 0.893 bits per heavy atom. The number of rotatable bonds is 20. The zero-order valence-electron chi connectivity index (χ0n) is 19.6. The van der Waals surface area contributed by atoms with Gasteiger partial charge in [0.25, 0.3) is 0 Å². The van der Waals surface area contributed by atoms with Crippen molar-refractivity contribution >= 4 is 0 Å². The van der Waals surface area contributed by atoms with Gasteiger partial charge in [0, 0.05) is 6.42 Å². The third-order valence-electron chi connectivity index (χ3n) is 6.87. The van der Waals surface area contributed by atoms with Gasteiger partial charge in [0.15, 0.2) is 5.60 Å². The molecule has 0 bridgehead atoms. The fourth-order valence-electron chi connectivity index (χ4n) is 4.74. The van der Waals surface area contributed by atoms with E-state index in [0.717, 1.165) is 6.42 Å². The summed E-state index contributed by atoms with van der Waals surface area (Å²) in [5.41, 5.74) is 4.57. The summed E-state index contributed by atoms with van der Waals surface area (Å²) in [6.07, 6.45) is 27.3. The van der Waals surface area contributed by atoms with Crippen molar-refractivity contribution in [3.63, 3.8) is 0 Å². The quantitative estimate of drug-likeness (QED) is 0.229. The van der Waals surface area contributed by atoms with Crippen LogP contribution in [-0.2, 0) is 4.74 Å². The minimum atomic E-state index is -0.0516. The number of ether oxygens (including phenoxy) is 1. The van der Waals surface area contributed by atoms with Crippen LogP contribution < -0.4 is 18.1 Å². The van der Waals surface area contributed by atoms with Crippen molar-refractivity contribution in [2.24, 2.45) is 0 Å². The molecule has 3 heteroatoms. The molecule has 0 radical (unpaired) electrons. The Kier molecular flexibility index (Phi) is 17.1. The van der Waals surface area contributed by atoms with Gasteiger partial charge in [0.2, 0.25) is 5.72 Å². The van der Waals surface area contributed by atoms with Crippen molar-refractivity contribution in [3.05, 3.63) is 0 Å². The van der Waals surface area contributed by atoms with Gasteiger partial charge in [-0.05, 0) is 19.3 Å². The number of hydrogen-bond acceptors (Lipinski definition) is 1. The Morgan fingerprint density at radius 3 is 1.29 bits per heavy atom. The molecule has 1 heterocycles. The summed E-state index contributed by atoms with van der Waals surface area (Å²) in [4.78, 5) is 0. The van der Waals surface area contributed by atoms with Gasteiger partial charge in [-0.25, -0.2) is 0 Å². The first-order valence-electron chi connectivity index (χ1n) is 12.7. The molecule has 2 nitrogen and oxygen atoms in total. The summed E-state index contributed by atoms with van der Waals surface area (Å²) in [5.74, 6) is 0. The van der Waals surface area contributed by atoms with Crippen LogP contribution in [0.3, 0.4) is 0 Å². The van der Waals surface area contributed by atoms with E-state index in [9.17, 15) is 0 Å². The third kappa shape index (κ3) is 10.8. The first kappa shape index (κ1) is 28.2. The Hall–Kier alpha value is 0.210. The van der Waals surface area contributed by atoms with Gasteiger partial charge >= 0.3 is 0 Å². The van der Waals surface area contributed by atoms with Gasteiger partial charge in [-0.2, -0.15) is 0 Å². The zero-order chi connectivity index (χ0) is 19.8. The number of epoxide rings is 1. The summed E-state index contributed by atoms with van der Waals surface area (Å²) in [5, 5.41) is 0. The van der Waals surface area contributed by atoms with E-state index in [-0.39, 0.29) is 23.7 Å². The van der Waals surface area contributed by atoms with Gasteiger partial charge in [0.1, 0.15) is 0 Å². The van der Waals surface area contributed by atoms with Gasteiger partial charge in [-0.1, -0.05) is 124 Å². The highest BCUT2D eigenvalue weighted by Gasteiger charge is 2.69. The number of hydrogen-bond donors (Lipinski definition) is 1. The third-order valence-corrected chi connectivity index (χ3v) is 6.87. The largest absolute Gasteiger partial charge is 1.00 e. The Labute approximate surface area is 183 Å². The van der Waals surface area contributed by atoms with Crippen LogP contribution in [0.5, 0.6) is 0 Å². The molecule has 1 aliphatic heterocycles. The average Bonchev–Trinajstić information content (AvgIpc) is 3.27. The molecule has 1 rings (SSSR count). The van der Waals surface area contributed by atoms with E-state index in [2.05, 4.69) is 26.5 Å². The Bertz CT molecular complexity index is 351. The van der Waals surface area contributed by atoms with Crippen LogP contribution in [0.4, 0.5) is 0 Å². The highest BCUT2D eigenvalue weighted by atomic mass is 35.5. The van der Waals surface area contributed by atoms with Gasteiger partial charge in [-0.3, -0.25) is 0 Å². The molecule has 1 aliphatic rings. The van der Waals surface area contributed by atoms with Gasteiger partial charge in [0.05, 0.1) is 0 Å². The van der Waals surface area contributed by atoms with E-state index in [1.807, 2.05) is 0 Å². The maximum Gasteiger partial charge on any atom is 0.229 e. The first-order chi connectivity index (χ1) is 13.1. The van der Waals surface area contributed by atoms with Crippen molar-refractivity contribution in [2.45, 2.75) is 161 Å². The van der Waals surface area contributed by atoms with Gasteiger partial charge < -0.3 is 22.9 Å². The van der Waals surface area contributed by atoms with Gasteiger partial charge in [-0.15, -0.1) is 0 Å². The van der Waals surface area contributed by atoms with Crippen molar-refractivity contribution < 1.29 is 22.9 Å². The van der Waals surface area contributed by atoms with E-state index in [1.165, 1.54) is 122 Å². The predicted molar refractivity (Wildman–Crippen MR) is 119 cm³/mol. The summed E-state index contributed by atoms with van der Waals surface area (Å²) in [6, 6.07) is 0. The molecule has 0 spiro atoms. The fourth-order valence-corrected chi connectivity index (χ4v) is 4.74. The monoisotopic (exact) mass is 417 g/mol. The summed E-state index contributed by atoms with van der Waals surface area (Å²) >= 11 is 0. The van der Waals surface area contributed by atoms with Crippen LogP contribution in [-0.4, -0.2) is 11.3 Å². The SMILES string of the molecule is CCCCCCCCCCCC1([NH3+])OC1(CC)CCCCCCCCCC.[Cl-]. The molecule has 0 aliphatic carbocycles. The van der Waals surface area contributed by atoms with Crippen LogP contribution in [0.1, 0.15) is 149 Å². The van der Waals surface area contributed by atoms with Crippen LogP contribution in [0, 0.1) is 0 Å². The second-order valence-electron chi connectivity index (χ2n) is 9.25. The molecule has 170 valence electrons. The smallest absolute Gasteiger partial charge is 0.229 e. The summed E-state index contributed by atoms with van der Waals surface area (Å²) in [7, 11) is 0. The second kappa shape index (κ2) is 16.9. The predicted octanol–water partition coefficient (Wildman–Crippen LogP) is 4.56. The van der Waals surface area contributed by atoms with E-state index < -0.39 is 0 Å². The molecule has 1 saturated heterocycles. The lowest BCUT2D eigenvalue weighted by molar-refractivity contribution is -0.474. The van der Waals surface area contributed by atoms with Crippen molar-refractivity contribution in [1.82, 2.24) is 0 Å². The molecule has 0 aromatic heterocycles. The van der Waals surface area contributed by atoms with Crippen LogP contribution in [0.25, 0.3) is 0 Å². The van der Waals surface area contributed by atoms with E-state index in [1.54, 1.807) is 0 Å². The highest BCUT2D eigenvalue weighted by molar-refractivity contribution is 5.06. The van der Waals surface area contributed by atoms with Crippen molar-refractivity contribution in [2.75, 3.05) is 0 Å².